The highest BCUT2D eigenvalue weighted by Gasteiger charge is 2.27. The van der Waals surface area contributed by atoms with E-state index in [9.17, 15) is 4.39 Å². The summed E-state index contributed by atoms with van der Waals surface area (Å²) in [5.74, 6) is 1.06. The summed E-state index contributed by atoms with van der Waals surface area (Å²) in [4.78, 5) is 15.4. The summed E-state index contributed by atoms with van der Waals surface area (Å²) in [5, 5.41) is 10.5. The number of nitrogens with one attached hydrogen (secondary N) is 2. The van der Waals surface area contributed by atoms with Crippen LogP contribution in [0.1, 0.15) is 18.3 Å². The molecule has 0 amide bonds. The first kappa shape index (κ1) is 20.3. The van der Waals surface area contributed by atoms with Crippen LogP contribution in [0.15, 0.2) is 29.8 Å². The van der Waals surface area contributed by atoms with Crippen molar-refractivity contribution in [3.05, 3.63) is 47.0 Å². The highest BCUT2D eigenvalue weighted by Crippen LogP contribution is 2.41. The number of aromatic amines is 2. The first-order valence-corrected chi connectivity index (χ1v) is 11.8. The standard InChI is InChI=1S/C24H23FN6OS/c1-12-10-32-7-6-31(12)24-22-21(18(11-33-22)20-13(2)29-30-14(20)3)27-23(28-24)17-8-15(25)9-19-16(17)4-5-26-19/h4-5,8-9,11-12,26H,6-7,10H2,1-3H3,(H,29,30)/t12-/m1/s1. The first-order chi connectivity index (χ1) is 16.0. The molecule has 9 heteroatoms. The van der Waals surface area contributed by atoms with Gasteiger partial charge < -0.3 is 14.6 Å². The fraction of sp³-hybridized carbons (Fsp3) is 0.292. The number of hydrogen-bond donors (Lipinski definition) is 2. The predicted molar refractivity (Wildman–Crippen MR) is 129 cm³/mol. The molecule has 5 aromatic rings. The third-order valence-electron chi connectivity index (χ3n) is 6.31. The lowest BCUT2D eigenvalue weighted by Gasteiger charge is -2.34. The number of ether oxygens (including phenoxy) is 1. The number of morpholine rings is 1. The molecule has 0 aliphatic carbocycles. The molecule has 1 atom stereocenters. The summed E-state index contributed by atoms with van der Waals surface area (Å²) in [6.07, 6.45) is 1.81. The summed E-state index contributed by atoms with van der Waals surface area (Å²) < 4.78 is 21.2. The van der Waals surface area contributed by atoms with Gasteiger partial charge in [-0.25, -0.2) is 14.4 Å². The van der Waals surface area contributed by atoms with Crippen LogP contribution < -0.4 is 4.90 Å². The largest absolute Gasteiger partial charge is 0.377 e. The van der Waals surface area contributed by atoms with E-state index in [2.05, 4.69) is 32.4 Å². The van der Waals surface area contributed by atoms with Gasteiger partial charge in [0.25, 0.3) is 0 Å². The summed E-state index contributed by atoms with van der Waals surface area (Å²) >= 11 is 1.63. The molecule has 0 spiro atoms. The second kappa shape index (κ2) is 7.64. The SMILES string of the molecule is Cc1n[nH]c(C)c1-c1csc2c(N3CCOC[C@H]3C)nc(-c3cc(F)cc4[nH]ccc34)nc12. The number of halogens is 1. The number of anilines is 1. The molecule has 0 bridgehead atoms. The highest BCUT2D eigenvalue weighted by atomic mass is 32.1. The van der Waals surface area contributed by atoms with E-state index < -0.39 is 0 Å². The topological polar surface area (TPSA) is 82.7 Å². The lowest BCUT2D eigenvalue weighted by molar-refractivity contribution is 0.0987. The molecular formula is C24H23FN6OS. The second-order valence-corrected chi connectivity index (χ2v) is 9.40. The van der Waals surface area contributed by atoms with E-state index in [-0.39, 0.29) is 11.9 Å². The van der Waals surface area contributed by atoms with E-state index in [1.54, 1.807) is 11.3 Å². The molecule has 168 valence electrons. The maximum atomic E-state index is 14.5. The zero-order valence-electron chi connectivity index (χ0n) is 18.6. The molecular weight excluding hydrogens is 439 g/mol. The van der Waals surface area contributed by atoms with Crippen molar-refractivity contribution in [3.63, 3.8) is 0 Å². The monoisotopic (exact) mass is 462 g/mol. The van der Waals surface area contributed by atoms with Crippen molar-refractivity contribution in [2.75, 3.05) is 24.7 Å². The van der Waals surface area contributed by atoms with E-state index in [1.807, 2.05) is 26.1 Å². The number of aromatic nitrogens is 5. The summed E-state index contributed by atoms with van der Waals surface area (Å²) in [6, 6.07) is 5.13. The Morgan fingerprint density at radius 1 is 1.21 bits per heavy atom. The van der Waals surface area contributed by atoms with Crippen LogP contribution in [0.25, 0.3) is 43.6 Å². The van der Waals surface area contributed by atoms with E-state index in [0.717, 1.165) is 56.0 Å². The molecule has 1 fully saturated rings. The lowest BCUT2D eigenvalue weighted by Crippen LogP contribution is -2.44. The third-order valence-corrected chi connectivity index (χ3v) is 7.27. The van der Waals surface area contributed by atoms with Gasteiger partial charge in [-0.05, 0) is 39.0 Å². The minimum Gasteiger partial charge on any atom is -0.377 e. The van der Waals surface area contributed by atoms with Gasteiger partial charge in [0.15, 0.2) is 11.6 Å². The van der Waals surface area contributed by atoms with Gasteiger partial charge in [0, 0.05) is 51.4 Å². The molecule has 0 unspecified atom stereocenters. The summed E-state index contributed by atoms with van der Waals surface area (Å²) in [5.41, 5.74) is 6.25. The zero-order chi connectivity index (χ0) is 22.7. The molecule has 7 nitrogen and oxygen atoms in total. The number of benzene rings is 1. The van der Waals surface area contributed by atoms with Gasteiger partial charge in [0.2, 0.25) is 0 Å². The molecule has 1 aliphatic rings. The molecule has 4 aromatic heterocycles. The average molecular weight is 463 g/mol. The summed E-state index contributed by atoms with van der Waals surface area (Å²) in [7, 11) is 0. The quantitative estimate of drug-likeness (QED) is 0.385. The van der Waals surface area contributed by atoms with E-state index >= 15 is 0 Å². The molecule has 0 radical (unpaired) electrons. The van der Waals surface area contributed by atoms with Gasteiger partial charge in [-0.1, -0.05) is 0 Å². The Kier molecular flexibility index (Phi) is 4.70. The number of aryl methyl sites for hydroxylation is 2. The van der Waals surface area contributed by atoms with Gasteiger partial charge in [-0.3, -0.25) is 5.10 Å². The van der Waals surface area contributed by atoms with E-state index in [0.29, 0.717) is 24.6 Å². The Morgan fingerprint density at radius 2 is 2.09 bits per heavy atom. The fourth-order valence-electron chi connectivity index (χ4n) is 4.70. The Bertz CT molecular complexity index is 1480. The van der Waals surface area contributed by atoms with Gasteiger partial charge in [-0.15, -0.1) is 11.3 Å². The van der Waals surface area contributed by atoms with Crippen LogP contribution in [0, 0.1) is 19.7 Å². The minimum absolute atomic E-state index is 0.174. The zero-order valence-corrected chi connectivity index (χ0v) is 19.4. The number of rotatable bonds is 3. The van der Waals surface area contributed by atoms with Crippen LogP contribution in [0.2, 0.25) is 0 Å². The lowest BCUT2D eigenvalue weighted by atomic mass is 10.1. The molecule has 1 aromatic carbocycles. The van der Waals surface area contributed by atoms with Gasteiger partial charge in [0.1, 0.15) is 5.82 Å². The number of fused-ring (bicyclic) bond motifs is 2. The Labute approximate surface area is 193 Å². The van der Waals surface area contributed by atoms with Crippen molar-refractivity contribution in [1.29, 1.82) is 0 Å². The van der Waals surface area contributed by atoms with Crippen molar-refractivity contribution in [2.45, 2.75) is 26.8 Å². The maximum absolute atomic E-state index is 14.5. The van der Waals surface area contributed by atoms with E-state index in [1.165, 1.54) is 12.1 Å². The average Bonchev–Trinajstić information content (AvgIpc) is 3.51. The Balaban J connectivity index is 1.66. The van der Waals surface area contributed by atoms with Crippen LogP contribution >= 0.6 is 11.3 Å². The van der Waals surface area contributed by atoms with Crippen LogP contribution in [-0.4, -0.2) is 50.9 Å². The number of thiophene rings is 1. The van der Waals surface area contributed by atoms with Crippen molar-refractivity contribution in [2.24, 2.45) is 0 Å². The van der Waals surface area contributed by atoms with Crippen LogP contribution in [-0.2, 0) is 4.74 Å². The smallest absolute Gasteiger partial charge is 0.163 e. The van der Waals surface area contributed by atoms with Crippen molar-refractivity contribution >= 4 is 38.3 Å². The molecule has 2 N–H and O–H groups in total. The molecule has 5 heterocycles. The van der Waals surface area contributed by atoms with Crippen molar-refractivity contribution < 1.29 is 9.13 Å². The molecule has 0 saturated carbocycles. The molecule has 6 rings (SSSR count). The third kappa shape index (κ3) is 3.22. The Morgan fingerprint density at radius 3 is 2.88 bits per heavy atom. The Hall–Kier alpha value is -3.30. The molecule has 1 saturated heterocycles. The predicted octanol–water partition coefficient (Wildman–Crippen LogP) is 5.21. The highest BCUT2D eigenvalue weighted by molar-refractivity contribution is 7.18. The fourth-order valence-corrected chi connectivity index (χ4v) is 5.70. The molecule has 33 heavy (non-hydrogen) atoms. The van der Waals surface area contributed by atoms with Gasteiger partial charge in [0.05, 0.1) is 35.2 Å². The van der Waals surface area contributed by atoms with Crippen molar-refractivity contribution in [1.82, 2.24) is 25.1 Å². The van der Waals surface area contributed by atoms with Gasteiger partial charge in [-0.2, -0.15) is 5.10 Å². The second-order valence-electron chi connectivity index (χ2n) is 8.52. The maximum Gasteiger partial charge on any atom is 0.163 e. The first-order valence-electron chi connectivity index (χ1n) is 10.9. The number of hydrogen-bond acceptors (Lipinski definition) is 6. The molecule has 1 aliphatic heterocycles. The normalized spacial score (nSPS) is 16.8. The van der Waals surface area contributed by atoms with E-state index in [4.69, 9.17) is 14.7 Å². The number of nitrogens with zero attached hydrogens (tertiary/aromatic N) is 4. The minimum atomic E-state index is -0.322. The van der Waals surface area contributed by atoms with Crippen LogP contribution in [0.4, 0.5) is 10.2 Å². The van der Waals surface area contributed by atoms with Crippen molar-refractivity contribution in [3.8, 4) is 22.5 Å². The van der Waals surface area contributed by atoms with Crippen LogP contribution in [0.3, 0.4) is 0 Å². The summed E-state index contributed by atoms with van der Waals surface area (Å²) in [6.45, 7) is 8.17. The number of H-pyrrole nitrogens is 2. The van der Waals surface area contributed by atoms with Gasteiger partial charge >= 0.3 is 0 Å². The van der Waals surface area contributed by atoms with Crippen LogP contribution in [0.5, 0.6) is 0 Å².